The van der Waals surface area contributed by atoms with Crippen LogP contribution in [0, 0.1) is 0 Å². The molecule has 0 fully saturated rings. The lowest BCUT2D eigenvalue weighted by Gasteiger charge is -2.12. The number of rotatable bonds is 4. The highest BCUT2D eigenvalue weighted by Crippen LogP contribution is 2.32. The molecule has 29 heavy (non-hydrogen) atoms. The van der Waals surface area contributed by atoms with Gasteiger partial charge in [-0.15, -0.1) is 0 Å². The van der Waals surface area contributed by atoms with Gasteiger partial charge >= 0.3 is 0 Å². The van der Waals surface area contributed by atoms with Crippen molar-refractivity contribution < 1.29 is 0 Å². The van der Waals surface area contributed by atoms with Gasteiger partial charge in [0.05, 0.1) is 0 Å². The lowest BCUT2D eigenvalue weighted by molar-refractivity contribution is 1.21. The zero-order valence-electron chi connectivity index (χ0n) is 16.3. The van der Waals surface area contributed by atoms with Crippen LogP contribution >= 0.6 is 0 Å². The van der Waals surface area contributed by atoms with Gasteiger partial charge in [-0.2, -0.15) is 0 Å². The zero-order valence-corrected chi connectivity index (χ0v) is 16.3. The highest BCUT2D eigenvalue weighted by atomic mass is 14.1. The minimum absolute atomic E-state index is 0.935. The second-order valence-corrected chi connectivity index (χ2v) is 7.42. The van der Waals surface area contributed by atoms with Gasteiger partial charge in [0.25, 0.3) is 0 Å². The Kier molecular flexibility index (Phi) is 4.68. The molecule has 0 heterocycles. The fourth-order valence-electron chi connectivity index (χ4n) is 4.05. The van der Waals surface area contributed by atoms with Crippen molar-refractivity contribution in [3.63, 3.8) is 0 Å². The van der Waals surface area contributed by atoms with E-state index in [1.54, 1.807) is 0 Å². The first-order chi connectivity index (χ1) is 14.4. The van der Waals surface area contributed by atoms with E-state index in [0.29, 0.717) is 0 Å². The molecule has 0 bridgehead atoms. The highest BCUT2D eigenvalue weighted by Gasteiger charge is 2.08. The summed E-state index contributed by atoms with van der Waals surface area (Å²) in [6.45, 7) is 0. The molecule has 0 aromatic heterocycles. The highest BCUT2D eigenvalue weighted by molar-refractivity contribution is 5.98. The summed E-state index contributed by atoms with van der Waals surface area (Å²) >= 11 is 0. The van der Waals surface area contributed by atoms with Crippen molar-refractivity contribution in [3.05, 3.63) is 132 Å². The van der Waals surface area contributed by atoms with Gasteiger partial charge in [0.2, 0.25) is 0 Å². The lowest BCUT2D eigenvalue weighted by Crippen LogP contribution is -1.92. The molecule has 0 nitrogen and oxygen atoms in total. The zero-order chi connectivity index (χ0) is 19.5. The SMILES string of the molecule is c1ccc(-c2ccc(Cc3ccc(-c4ccccc4)c4ccccc34)cc2)cc1. The van der Waals surface area contributed by atoms with Crippen LogP contribution in [0.1, 0.15) is 11.1 Å². The van der Waals surface area contributed by atoms with Crippen LogP contribution in [0.3, 0.4) is 0 Å². The number of hydrogen-bond donors (Lipinski definition) is 0. The van der Waals surface area contributed by atoms with Crippen LogP contribution in [0.25, 0.3) is 33.0 Å². The van der Waals surface area contributed by atoms with Crippen LogP contribution in [-0.4, -0.2) is 0 Å². The Morgan fingerprint density at radius 2 is 0.931 bits per heavy atom. The van der Waals surface area contributed by atoms with E-state index in [1.807, 2.05) is 0 Å². The van der Waals surface area contributed by atoms with Gasteiger partial charge in [-0.1, -0.05) is 121 Å². The molecule has 0 unspecified atom stereocenters. The normalized spacial score (nSPS) is 10.9. The molecule has 0 aliphatic rings. The molecule has 0 heteroatoms. The summed E-state index contributed by atoms with van der Waals surface area (Å²) in [5.41, 5.74) is 7.79. The van der Waals surface area contributed by atoms with Crippen molar-refractivity contribution in [1.29, 1.82) is 0 Å². The summed E-state index contributed by atoms with van der Waals surface area (Å²) in [5.74, 6) is 0. The van der Waals surface area contributed by atoms with Crippen molar-refractivity contribution in [2.75, 3.05) is 0 Å². The molecule has 0 spiro atoms. The first-order valence-electron chi connectivity index (χ1n) is 10.1. The molecule has 0 aliphatic carbocycles. The smallest absolute Gasteiger partial charge is 0.00196 e. The van der Waals surface area contributed by atoms with Gasteiger partial charge in [-0.3, -0.25) is 0 Å². The average molecular weight is 370 g/mol. The second kappa shape index (κ2) is 7.77. The Balaban J connectivity index is 1.50. The maximum Gasteiger partial charge on any atom is -0.00196 e. The molecule has 5 rings (SSSR count). The van der Waals surface area contributed by atoms with E-state index in [2.05, 4.69) is 121 Å². The Morgan fingerprint density at radius 3 is 1.62 bits per heavy atom. The van der Waals surface area contributed by atoms with E-state index in [9.17, 15) is 0 Å². The first kappa shape index (κ1) is 17.5. The van der Waals surface area contributed by atoms with E-state index in [1.165, 1.54) is 44.2 Å². The van der Waals surface area contributed by atoms with Crippen molar-refractivity contribution in [2.45, 2.75) is 6.42 Å². The molecule has 5 aromatic carbocycles. The van der Waals surface area contributed by atoms with Gasteiger partial charge in [-0.25, -0.2) is 0 Å². The van der Waals surface area contributed by atoms with Crippen LogP contribution in [-0.2, 0) is 6.42 Å². The summed E-state index contributed by atoms with van der Waals surface area (Å²) in [5, 5.41) is 2.65. The molecular weight excluding hydrogens is 348 g/mol. The summed E-state index contributed by atoms with van der Waals surface area (Å²) < 4.78 is 0. The van der Waals surface area contributed by atoms with Crippen molar-refractivity contribution in [3.8, 4) is 22.3 Å². The number of benzene rings is 5. The van der Waals surface area contributed by atoms with E-state index in [-0.39, 0.29) is 0 Å². The predicted octanol–water partition coefficient (Wildman–Crippen LogP) is 7.76. The molecule has 0 saturated carbocycles. The standard InChI is InChI=1S/C29H22/c1-3-9-23(10-4-1)24-17-15-22(16-18-24)21-26-19-20-28(25-11-5-2-6-12-25)29-14-8-7-13-27(26)29/h1-20H,21H2. The molecule has 0 radical (unpaired) electrons. The van der Waals surface area contributed by atoms with Gasteiger partial charge in [0.15, 0.2) is 0 Å². The molecule has 138 valence electrons. The second-order valence-electron chi connectivity index (χ2n) is 7.42. The molecular formula is C29H22. The molecule has 0 aliphatic heterocycles. The molecule has 0 saturated heterocycles. The van der Waals surface area contributed by atoms with Crippen molar-refractivity contribution in [1.82, 2.24) is 0 Å². The minimum atomic E-state index is 0.935. The van der Waals surface area contributed by atoms with Gasteiger partial charge in [0.1, 0.15) is 0 Å². The van der Waals surface area contributed by atoms with E-state index >= 15 is 0 Å². The van der Waals surface area contributed by atoms with E-state index in [4.69, 9.17) is 0 Å². The van der Waals surface area contributed by atoms with Crippen LogP contribution in [0.5, 0.6) is 0 Å². The lowest BCUT2D eigenvalue weighted by atomic mass is 9.92. The van der Waals surface area contributed by atoms with Gasteiger partial charge in [-0.05, 0) is 50.6 Å². The third-order valence-electron chi connectivity index (χ3n) is 5.55. The molecule has 0 N–H and O–H groups in total. The fourth-order valence-corrected chi connectivity index (χ4v) is 4.05. The summed E-state index contributed by atoms with van der Waals surface area (Å²) in [6, 6.07) is 43.5. The van der Waals surface area contributed by atoms with E-state index < -0.39 is 0 Å². The first-order valence-corrected chi connectivity index (χ1v) is 10.1. The van der Waals surface area contributed by atoms with Gasteiger partial charge in [0, 0.05) is 0 Å². The van der Waals surface area contributed by atoms with Crippen LogP contribution in [0.15, 0.2) is 121 Å². The molecule has 5 aromatic rings. The van der Waals surface area contributed by atoms with Crippen molar-refractivity contribution in [2.24, 2.45) is 0 Å². The Hall–Kier alpha value is -3.64. The Morgan fingerprint density at radius 1 is 0.379 bits per heavy atom. The summed E-state index contributed by atoms with van der Waals surface area (Å²) in [4.78, 5) is 0. The topological polar surface area (TPSA) is 0 Å². The average Bonchev–Trinajstić information content (AvgIpc) is 2.81. The number of hydrogen-bond acceptors (Lipinski definition) is 0. The Bertz CT molecular complexity index is 1230. The van der Waals surface area contributed by atoms with Crippen LogP contribution in [0.4, 0.5) is 0 Å². The quantitative estimate of drug-likeness (QED) is 0.303. The van der Waals surface area contributed by atoms with Crippen LogP contribution < -0.4 is 0 Å². The monoisotopic (exact) mass is 370 g/mol. The summed E-state index contributed by atoms with van der Waals surface area (Å²) in [7, 11) is 0. The third-order valence-corrected chi connectivity index (χ3v) is 5.55. The maximum atomic E-state index is 2.29. The van der Waals surface area contributed by atoms with E-state index in [0.717, 1.165) is 6.42 Å². The maximum absolute atomic E-state index is 2.29. The summed E-state index contributed by atoms with van der Waals surface area (Å²) in [6.07, 6.45) is 0.935. The predicted molar refractivity (Wildman–Crippen MR) is 124 cm³/mol. The number of fused-ring (bicyclic) bond motifs is 1. The minimum Gasteiger partial charge on any atom is -0.0622 e. The van der Waals surface area contributed by atoms with Gasteiger partial charge < -0.3 is 0 Å². The van der Waals surface area contributed by atoms with Crippen LogP contribution in [0.2, 0.25) is 0 Å². The molecule has 0 amide bonds. The largest absolute Gasteiger partial charge is 0.0622 e. The van der Waals surface area contributed by atoms with Crippen molar-refractivity contribution >= 4 is 10.8 Å². The third kappa shape index (κ3) is 3.58. The Labute approximate surface area is 172 Å². The molecule has 0 atom stereocenters. The fraction of sp³-hybridized carbons (Fsp3) is 0.0345.